The van der Waals surface area contributed by atoms with Crippen molar-refractivity contribution in [2.45, 2.75) is 0 Å². The van der Waals surface area contributed by atoms with Crippen LogP contribution in [0.2, 0.25) is 0 Å². The van der Waals surface area contributed by atoms with Crippen molar-refractivity contribution in [3.05, 3.63) is 0 Å². The molecule has 0 saturated carbocycles. The molecule has 0 saturated heterocycles. The molecule has 0 heterocycles. The number of halogens is 6. The van der Waals surface area contributed by atoms with E-state index in [1.807, 2.05) is 0 Å². The first-order valence-corrected chi connectivity index (χ1v) is 5.25. The van der Waals surface area contributed by atoms with Crippen molar-refractivity contribution in [2.24, 2.45) is 0 Å². The van der Waals surface area contributed by atoms with E-state index in [1.165, 1.54) is 0 Å². The fraction of sp³-hybridized carbons (Fsp3) is 0. The minimum absolute atomic E-state index is 0. The van der Waals surface area contributed by atoms with E-state index in [4.69, 9.17) is 13.2 Å². The number of rotatable bonds is 0. The van der Waals surface area contributed by atoms with Crippen LogP contribution < -0.4 is 18.9 Å². The molecule has 0 aliphatic rings. The van der Waals surface area contributed by atoms with E-state index in [1.54, 1.807) is 0 Å². The molecule has 0 aromatic carbocycles. The summed E-state index contributed by atoms with van der Waals surface area (Å²) in [5.41, 5.74) is 0. The Bertz CT molecular complexity index is 70.8. The Morgan fingerprint density at radius 2 is 0.750 bits per heavy atom. The summed E-state index contributed by atoms with van der Waals surface area (Å²) < 4.78 is 30.8. The number of hydrogen-bond acceptors (Lipinski definition) is 1. The van der Waals surface area contributed by atoms with Gasteiger partial charge in [-0.1, -0.05) is 0 Å². The zero-order valence-corrected chi connectivity index (χ0v) is 8.20. The molecule has 0 aromatic heterocycles. The normalized spacial score (nSPS) is 4.92. The Morgan fingerprint density at radius 1 is 0.750 bits per heavy atom. The average molecular weight is 317 g/mol. The van der Waals surface area contributed by atoms with Gasteiger partial charge in [-0.2, -0.15) is 0 Å². The molecule has 0 atom stereocenters. The SMILES string of the molecule is F.F.F.F.F.F.[H-].[Li+].[O]=[Sb]([OH])([OH])[OH]. The summed E-state index contributed by atoms with van der Waals surface area (Å²) in [6.07, 6.45) is 0. The Labute approximate surface area is 81.9 Å². The minimum atomic E-state index is -5.35. The van der Waals surface area contributed by atoms with Gasteiger partial charge < -0.3 is 1.43 Å². The van der Waals surface area contributed by atoms with E-state index in [0.717, 1.165) is 0 Å². The Morgan fingerprint density at radius 3 is 0.750 bits per heavy atom. The van der Waals surface area contributed by atoms with Crippen molar-refractivity contribution >= 4 is 20.1 Å². The molecule has 0 radical (unpaired) electrons. The van der Waals surface area contributed by atoms with Gasteiger partial charge in [-0.3, -0.25) is 28.2 Å². The third kappa shape index (κ3) is 2190. The van der Waals surface area contributed by atoms with E-state index in [2.05, 4.69) is 0 Å². The number of hydrogen-bond donors (Lipinski definition) is 3. The van der Waals surface area contributed by atoms with Crippen LogP contribution in [0.1, 0.15) is 1.43 Å². The van der Waals surface area contributed by atoms with Gasteiger partial charge in [0.05, 0.1) is 0 Å². The Balaban J connectivity index is -0.00000000286. The Hall–Kier alpha value is 0.676. The predicted molar refractivity (Wildman–Crippen MR) is 29.2 cm³/mol. The monoisotopic (exact) mass is 316 g/mol. The van der Waals surface area contributed by atoms with Crippen LogP contribution in [0.25, 0.3) is 0 Å². The summed E-state index contributed by atoms with van der Waals surface area (Å²) in [4.78, 5) is 0. The summed E-state index contributed by atoms with van der Waals surface area (Å²) in [7, 11) is 0. The first-order valence-electron chi connectivity index (χ1n) is 0.783. The molecule has 0 amide bonds. The van der Waals surface area contributed by atoms with Gasteiger partial charge in [0.2, 0.25) is 0 Å². The molecular formula is H10F6LiO4Sb. The third-order valence-corrected chi connectivity index (χ3v) is 0. The quantitative estimate of drug-likeness (QED) is 0.313. The molecule has 12 heteroatoms. The van der Waals surface area contributed by atoms with Crippen molar-refractivity contribution in [3.8, 4) is 0 Å². The first kappa shape index (κ1) is 79.0. The van der Waals surface area contributed by atoms with Crippen molar-refractivity contribution in [1.82, 2.24) is 0 Å². The van der Waals surface area contributed by atoms with Crippen LogP contribution >= 0.6 is 0 Å². The summed E-state index contributed by atoms with van der Waals surface area (Å²) in [5.74, 6) is 0. The van der Waals surface area contributed by atoms with Crippen LogP contribution in [0, 0.1) is 0 Å². The molecule has 0 bridgehead atoms. The summed E-state index contributed by atoms with van der Waals surface area (Å²) in [5, 5.41) is 0. The second-order valence-electron chi connectivity index (χ2n) is 0.513. The van der Waals surface area contributed by atoms with Crippen LogP contribution in [-0.4, -0.2) is 30.2 Å². The molecule has 0 rings (SSSR count). The van der Waals surface area contributed by atoms with E-state index in [0.29, 0.717) is 0 Å². The molecule has 0 unspecified atom stereocenters. The topological polar surface area (TPSA) is 77.8 Å². The molecule has 0 spiro atoms. The Kier molecular flexibility index (Phi) is 197. The zero-order chi connectivity index (χ0) is 4.50. The molecule has 3 N–H and O–H groups in total. The van der Waals surface area contributed by atoms with E-state index in [9.17, 15) is 0 Å². The van der Waals surface area contributed by atoms with Gasteiger partial charge in [0.15, 0.2) is 0 Å². The van der Waals surface area contributed by atoms with Crippen LogP contribution in [0.5, 0.6) is 0 Å². The van der Waals surface area contributed by atoms with Gasteiger partial charge in [0, 0.05) is 0 Å². The van der Waals surface area contributed by atoms with E-state index in [-0.39, 0.29) is 48.5 Å². The zero-order valence-electron chi connectivity index (χ0n) is 6.65. The molecule has 0 aromatic rings. The molecule has 0 aliphatic heterocycles. The van der Waals surface area contributed by atoms with Crippen molar-refractivity contribution in [3.63, 3.8) is 0 Å². The molecule has 12 heavy (non-hydrogen) atoms. The standard InChI is InChI=1S/6FH.Li.3H2O.O.Sb.H/h6*1H;;3*1H2;;;/q;;;;;;+1;;;;;+3;-1/p-3. The van der Waals surface area contributed by atoms with Crippen molar-refractivity contribution in [2.75, 3.05) is 0 Å². The second kappa shape index (κ2) is 29.9. The van der Waals surface area contributed by atoms with Crippen LogP contribution in [0.3, 0.4) is 0 Å². The van der Waals surface area contributed by atoms with Crippen LogP contribution in [-0.2, 0) is 3.02 Å². The predicted octanol–water partition coefficient (Wildman–Crippen LogP) is -4.14. The van der Waals surface area contributed by atoms with Crippen molar-refractivity contribution in [1.29, 1.82) is 0 Å². The van der Waals surface area contributed by atoms with Crippen LogP contribution in [0.15, 0.2) is 0 Å². The van der Waals surface area contributed by atoms with Gasteiger partial charge >= 0.3 is 52.1 Å². The molecule has 0 fully saturated rings. The average Bonchev–Trinajstić information content (AvgIpc) is 0.722. The van der Waals surface area contributed by atoms with E-state index >= 15 is 0 Å². The fourth-order valence-electron chi connectivity index (χ4n) is 0. The van der Waals surface area contributed by atoms with Gasteiger partial charge in [-0.25, -0.2) is 0 Å². The summed E-state index contributed by atoms with van der Waals surface area (Å²) in [6.45, 7) is 0. The maximum absolute atomic E-state index is 8.97. The van der Waals surface area contributed by atoms with Gasteiger partial charge in [-0.05, 0) is 0 Å². The van der Waals surface area contributed by atoms with Gasteiger partial charge in [0.25, 0.3) is 0 Å². The van der Waals surface area contributed by atoms with Crippen molar-refractivity contribution < 1.29 is 61.7 Å². The third-order valence-electron chi connectivity index (χ3n) is 0. The fourth-order valence-corrected chi connectivity index (χ4v) is 0. The molecule has 4 nitrogen and oxygen atoms in total. The molecule has 0 aliphatic carbocycles. The first-order chi connectivity index (χ1) is 2.00. The van der Waals surface area contributed by atoms with Gasteiger partial charge in [-0.15, -0.1) is 0 Å². The molecule has 82 valence electrons. The summed E-state index contributed by atoms with van der Waals surface area (Å²) in [6, 6.07) is 0. The summed E-state index contributed by atoms with van der Waals surface area (Å²) >= 11 is -5.35. The van der Waals surface area contributed by atoms with Gasteiger partial charge in [0.1, 0.15) is 0 Å². The second-order valence-corrected chi connectivity index (χ2v) is 3.44. The van der Waals surface area contributed by atoms with E-state index < -0.39 is 20.1 Å². The maximum atomic E-state index is 8.97. The van der Waals surface area contributed by atoms with Crippen LogP contribution in [0.4, 0.5) is 28.2 Å². The molecular weight excluding hydrogens is 307 g/mol.